The van der Waals surface area contributed by atoms with Gasteiger partial charge in [0.15, 0.2) is 0 Å². The standard InChI is InChI=1S/C11H10N2OS/c1-7-3-9(5-12-4-7)11(14)10-6-15-8(2)13-10/h3-6H,1-2H3. The Bertz CT molecular complexity index is 505. The van der Waals surface area contributed by atoms with Gasteiger partial charge in [0.05, 0.1) is 5.01 Å². The number of nitrogens with zero attached hydrogens (tertiary/aromatic N) is 2. The largest absolute Gasteiger partial charge is 0.287 e. The van der Waals surface area contributed by atoms with E-state index in [-0.39, 0.29) is 5.78 Å². The number of carbonyl (C=O) groups excluding carboxylic acids is 1. The van der Waals surface area contributed by atoms with E-state index in [9.17, 15) is 4.79 Å². The zero-order valence-electron chi connectivity index (χ0n) is 8.52. The second-order valence-corrected chi connectivity index (χ2v) is 4.39. The summed E-state index contributed by atoms with van der Waals surface area (Å²) < 4.78 is 0. The van der Waals surface area contributed by atoms with Crippen LogP contribution in [0.4, 0.5) is 0 Å². The van der Waals surface area contributed by atoms with Crippen molar-refractivity contribution in [3.63, 3.8) is 0 Å². The summed E-state index contributed by atoms with van der Waals surface area (Å²) in [7, 11) is 0. The molecule has 0 saturated heterocycles. The topological polar surface area (TPSA) is 42.9 Å². The van der Waals surface area contributed by atoms with E-state index < -0.39 is 0 Å². The van der Waals surface area contributed by atoms with Gasteiger partial charge in [-0.1, -0.05) is 0 Å². The molecule has 0 aromatic carbocycles. The number of hydrogen-bond donors (Lipinski definition) is 0. The van der Waals surface area contributed by atoms with E-state index in [0.717, 1.165) is 10.6 Å². The minimum Gasteiger partial charge on any atom is -0.287 e. The fraction of sp³-hybridized carbons (Fsp3) is 0.182. The highest BCUT2D eigenvalue weighted by Gasteiger charge is 2.12. The van der Waals surface area contributed by atoms with Gasteiger partial charge >= 0.3 is 0 Å². The second-order valence-electron chi connectivity index (χ2n) is 3.33. The SMILES string of the molecule is Cc1cncc(C(=O)c2csc(C)n2)c1. The number of thiazole rings is 1. The summed E-state index contributed by atoms with van der Waals surface area (Å²) in [6, 6.07) is 1.82. The third-order valence-corrected chi connectivity index (χ3v) is 2.76. The predicted molar refractivity (Wildman–Crippen MR) is 59.3 cm³/mol. The highest BCUT2D eigenvalue weighted by atomic mass is 32.1. The number of carbonyl (C=O) groups is 1. The van der Waals surface area contributed by atoms with Crippen molar-refractivity contribution in [2.75, 3.05) is 0 Å². The zero-order chi connectivity index (χ0) is 10.8. The first-order chi connectivity index (χ1) is 7.16. The normalized spacial score (nSPS) is 10.3. The summed E-state index contributed by atoms with van der Waals surface area (Å²) >= 11 is 1.48. The van der Waals surface area contributed by atoms with E-state index in [0.29, 0.717) is 11.3 Å². The lowest BCUT2D eigenvalue weighted by Crippen LogP contribution is -2.02. The van der Waals surface area contributed by atoms with Crippen molar-refractivity contribution in [2.45, 2.75) is 13.8 Å². The van der Waals surface area contributed by atoms with Crippen LogP contribution in [0.2, 0.25) is 0 Å². The fourth-order valence-electron chi connectivity index (χ4n) is 1.29. The third-order valence-electron chi connectivity index (χ3n) is 1.99. The molecule has 0 amide bonds. The van der Waals surface area contributed by atoms with Gasteiger partial charge in [-0.2, -0.15) is 0 Å². The molecular formula is C11H10N2OS. The molecule has 2 aromatic heterocycles. The maximum Gasteiger partial charge on any atom is 0.213 e. The molecule has 0 radical (unpaired) electrons. The molecule has 0 aliphatic heterocycles. The van der Waals surface area contributed by atoms with Gasteiger partial charge in [-0.05, 0) is 25.5 Å². The van der Waals surface area contributed by atoms with Crippen LogP contribution in [0.3, 0.4) is 0 Å². The molecular weight excluding hydrogens is 208 g/mol. The van der Waals surface area contributed by atoms with Crippen molar-refractivity contribution >= 4 is 17.1 Å². The second kappa shape index (κ2) is 3.90. The Kier molecular flexibility index (Phi) is 2.60. The van der Waals surface area contributed by atoms with Crippen LogP contribution >= 0.6 is 11.3 Å². The molecule has 0 aliphatic carbocycles. The van der Waals surface area contributed by atoms with E-state index in [4.69, 9.17) is 0 Å². The number of hydrogen-bond acceptors (Lipinski definition) is 4. The quantitative estimate of drug-likeness (QED) is 0.727. The highest BCUT2D eigenvalue weighted by molar-refractivity contribution is 7.09. The van der Waals surface area contributed by atoms with Crippen LogP contribution in [-0.4, -0.2) is 15.8 Å². The minimum absolute atomic E-state index is 0.0597. The van der Waals surface area contributed by atoms with Gasteiger partial charge in [-0.3, -0.25) is 9.78 Å². The van der Waals surface area contributed by atoms with Crippen molar-refractivity contribution in [1.82, 2.24) is 9.97 Å². The van der Waals surface area contributed by atoms with E-state index in [1.54, 1.807) is 17.8 Å². The molecule has 0 unspecified atom stereocenters. The number of aromatic nitrogens is 2. The molecule has 76 valence electrons. The number of pyridine rings is 1. The van der Waals surface area contributed by atoms with E-state index in [2.05, 4.69) is 9.97 Å². The first-order valence-corrected chi connectivity index (χ1v) is 5.43. The fourth-order valence-corrected chi connectivity index (χ4v) is 1.89. The molecule has 0 fully saturated rings. The summed E-state index contributed by atoms with van der Waals surface area (Å²) in [5.41, 5.74) is 2.08. The van der Waals surface area contributed by atoms with Crippen molar-refractivity contribution in [3.05, 3.63) is 45.7 Å². The average Bonchev–Trinajstić information content (AvgIpc) is 2.64. The van der Waals surface area contributed by atoms with Crippen LogP contribution in [0.25, 0.3) is 0 Å². The number of aryl methyl sites for hydroxylation is 2. The van der Waals surface area contributed by atoms with Crippen LogP contribution in [-0.2, 0) is 0 Å². The molecule has 0 aliphatic rings. The first kappa shape index (κ1) is 9.98. The highest BCUT2D eigenvalue weighted by Crippen LogP contribution is 2.13. The zero-order valence-corrected chi connectivity index (χ0v) is 9.34. The number of ketones is 1. The molecule has 0 bridgehead atoms. The Balaban J connectivity index is 2.36. The summed E-state index contributed by atoms with van der Waals surface area (Å²) in [6.45, 7) is 3.80. The van der Waals surface area contributed by atoms with Crippen molar-refractivity contribution in [2.24, 2.45) is 0 Å². The average molecular weight is 218 g/mol. The van der Waals surface area contributed by atoms with Gasteiger partial charge in [0.2, 0.25) is 5.78 Å². The van der Waals surface area contributed by atoms with E-state index in [1.165, 1.54) is 11.3 Å². The molecule has 2 heterocycles. The molecule has 3 nitrogen and oxygen atoms in total. The summed E-state index contributed by atoms with van der Waals surface area (Å²) in [5.74, 6) is -0.0597. The Morgan fingerprint density at radius 1 is 1.33 bits per heavy atom. The van der Waals surface area contributed by atoms with Gasteiger partial charge in [0, 0.05) is 23.3 Å². The molecule has 15 heavy (non-hydrogen) atoms. The lowest BCUT2D eigenvalue weighted by Gasteiger charge is -1.97. The van der Waals surface area contributed by atoms with Crippen LogP contribution in [0.5, 0.6) is 0 Å². The van der Waals surface area contributed by atoms with Crippen molar-refractivity contribution < 1.29 is 4.79 Å². The lowest BCUT2D eigenvalue weighted by molar-refractivity contribution is 0.103. The maximum absolute atomic E-state index is 11.9. The molecule has 2 rings (SSSR count). The van der Waals surface area contributed by atoms with E-state index >= 15 is 0 Å². The molecule has 0 N–H and O–H groups in total. The lowest BCUT2D eigenvalue weighted by atomic mass is 10.1. The summed E-state index contributed by atoms with van der Waals surface area (Å²) in [4.78, 5) is 20.1. The van der Waals surface area contributed by atoms with Gasteiger partial charge < -0.3 is 0 Å². The molecule has 0 saturated carbocycles. The Labute approximate surface area is 91.8 Å². The summed E-state index contributed by atoms with van der Waals surface area (Å²) in [5, 5.41) is 2.68. The third kappa shape index (κ3) is 2.10. The van der Waals surface area contributed by atoms with Gasteiger partial charge in [0.25, 0.3) is 0 Å². The smallest absolute Gasteiger partial charge is 0.213 e. The molecule has 0 spiro atoms. The van der Waals surface area contributed by atoms with Crippen LogP contribution in [0.15, 0.2) is 23.8 Å². The first-order valence-electron chi connectivity index (χ1n) is 4.55. The van der Waals surface area contributed by atoms with Crippen molar-refractivity contribution in [3.8, 4) is 0 Å². The maximum atomic E-state index is 11.9. The Hall–Kier alpha value is -1.55. The van der Waals surface area contributed by atoms with Crippen molar-refractivity contribution in [1.29, 1.82) is 0 Å². The monoisotopic (exact) mass is 218 g/mol. The molecule has 4 heteroatoms. The van der Waals surface area contributed by atoms with Crippen LogP contribution in [0, 0.1) is 13.8 Å². The number of rotatable bonds is 2. The minimum atomic E-state index is -0.0597. The summed E-state index contributed by atoms with van der Waals surface area (Å²) in [6.07, 6.45) is 3.30. The van der Waals surface area contributed by atoms with Gasteiger partial charge in [-0.15, -0.1) is 11.3 Å². The van der Waals surface area contributed by atoms with Gasteiger partial charge in [-0.25, -0.2) is 4.98 Å². The van der Waals surface area contributed by atoms with E-state index in [1.807, 2.05) is 19.9 Å². The van der Waals surface area contributed by atoms with Crippen LogP contribution < -0.4 is 0 Å². The Morgan fingerprint density at radius 2 is 2.13 bits per heavy atom. The predicted octanol–water partition coefficient (Wildman–Crippen LogP) is 2.39. The van der Waals surface area contributed by atoms with Crippen LogP contribution in [0.1, 0.15) is 26.6 Å². The molecule has 0 atom stereocenters. The van der Waals surface area contributed by atoms with Gasteiger partial charge in [0.1, 0.15) is 5.69 Å². The molecule has 2 aromatic rings. The Morgan fingerprint density at radius 3 is 2.73 bits per heavy atom.